The van der Waals surface area contributed by atoms with Crippen LogP contribution in [0.1, 0.15) is 125 Å². The fourth-order valence-electron chi connectivity index (χ4n) is 5.68. The van der Waals surface area contributed by atoms with Crippen molar-refractivity contribution in [2.45, 2.75) is 128 Å². The fourth-order valence-corrected chi connectivity index (χ4v) is 6.78. The van der Waals surface area contributed by atoms with Crippen LogP contribution in [0, 0.1) is 29.2 Å². The van der Waals surface area contributed by atoms with Gasteiger partial charge in [0.15, 0.2) is 5.78 Å². The van der Waals surface area contributed by atoms with Gasteiger partial charge in [0.2, 0.25) is 0 Å². The summed E-state index contributed by atoms with van der Waals surface area (Å²) >= 11 is 1.86. The Labute approximate surface area is 303 Å². The number of thiophene rings is 1. The van der Waals surface area contributed by atoms with E-state index in [9.17, 15) is 9.90 Å². The van der Waals surface area contributed by atoms with E-state index in [0.717, 1.165) is 48.9 Å². The van der Waals surface area contributed by atoms with Crippen molar-refractivity contribution in [1.29, 1.82) is 0 Å². The van der Waals surface area contributed by atoms with E-state index in [1.807, 2.05) is 59.1 Å². The number of fused-ring (bicyclic) bond motifs is 3. The Hall–Kier alpha value is -2.33. The molecule has 0 fully saturated rings. The maximum Gasteiger partial charge on any atom is 0.164 e. The molecule has 5 heteroatoms. The molecule has 1 radical (unpaired) electrons. The monoisotopic (exact) mass is 833 g/mol. The first-order chi connectivity index (χ1) is 21.3. The van der Waals surface area contributed by atoms with Gasteiger partial charge in [0, 0.05) is 47.9 Å². The topological polar surface area (TPSA) is 50.2 Å². The number of carbonyl (C=O) groups is 1. The molecule has 0 unspecified atom stereocenters. The first kappa shape index (κ1) is 40.8. The quantitative estimate of drug-likeness (QED) is 0.104. The van der Waals surface area contributed by atoms with Gasteiger partial charge in [-0.05, 0) is 81.8 Å². The summed E-state index contributed by atoms with van der Waals surface area (Å²) < 4.78 is 1.37. The van der Waals surface area contributed by atoms with E-state index in [0.29, 0.717) is 0 Å². The molecule has 4 aromatic rings. The van der Waals surface area contributed by atoms with E-state index in [2.05, 4.69) is 90.2 Å². The van der Waals surface area contributed by atoms with Crippen molar-refractivity contribution in [2.75, 3.05) is 0 Å². The minimum absolute atomic E-state index is 0. The van der Waals surface area contributed by atoms with Gasteiger partial charge in [-0.2, -0.15) is 0 Å². The van der Waals surface area contributed by atoms with Gasteiger partial charge in [-0.25, -0.2) is 0 Å². The van der Waals surface area contributed by atoms with Crippen LogP contribution in [-0.2, 0) is 36.7 Å². The molecule has 0 spiro atoms. The number of aryl methyl sites for hydroxylation is 1. The minimum Gasteiger partial charge on any atom is -0.512 e. The largest absolute Gasteiger partial charge is 0.512 e. The van der Waals surface area contributed by atoms with Crippen LogP contribution in [0.2, 0.25) is 0 Å². The third-order valence-corrected chi connectivity index (χ3v) is 11.1. The number of ketones is 1. The van der Waals surface area contributed by atoms with Crippen LogP contribution in [-0.4, -0.2) is 15.9 Å². The smallest absolute Gasteiger partial charge is 0.164 e. The van der Waals surface area contributed by atoms with Gasteiger partial charge >= 0.3 is 0 Å². The van der Waals surface area contributed by atoms with E-state index in [1.54, 1.807) is 0 Å². The normalized spacial score (nSPS) is 12.9. The average Bonchev–Trinajstić information content (AvgIpc) is 3.40. The summed E-state index contributed by atoms with van der Waals surface area (Å²) in [4.78, 5) is 17.0. The maximum absolute atomic E-state index is 12.2. The van der Waals surface area contributed by atoms with Crippen molar-refractivity contribution in [3.8, 4) is 11.3 Å². The zero-order valence-electron chi connectivity index (χ0n) is 31.2. The Bertz CT molecular complexity index is 1690. The number of aliphatic hydroxyl groups is 1. The fraction of sp³-hybridized carbons (Fsp3) is 0.524. The Morgan fingerprint density at radius 1 is 0.851 bits per heavy atom. The number of carbonyl (C=O) groups excluding carboxylic acids is 1. The Morgan fingerprint density at radius 2 is 1.43 bits per heavy atom. The molecule has 2 heterocycles. The van der Waals surface area contributed by atoms with Gasteiger partial charge < -0.3 is 10.1 Å². The summed E-state index contributed by atoms with van der Waals surface area (Å²) in [5, 5.41) is 16.4. The summed E-state index contributed by atoms with van der Waals surface area (Å²) in [6.45, 7) is 27.9. The van der Waals surface area contributed by atoms with Crippen LogP contribution in [0.15, 0.2) is 53.7 Å². The van der Waals surface area contributed by atoms with E-state index in [-0.39, 0.29) is 53.3 Å². The van der Waals surface area contributed by atoms with Crippen LogP contribution < -0.4 is 0 Å². The number of allylic oxidation sites excluding steroid dienone is 2. The molecule has 0 saturated heterocycles. The second-order valence-corrected chi connectivity index (χ2v) is 16.7. The molecule has 0 aliphatic rings. The number of hydrogen-bond donors (Lipinski definition) is 1. The number of pyridine rings is 1. The van der Waals surface area contributed by atoms with Crippen molar-refractivity contribution >= 4 is 38.0 Å². The number of rotatable bonds is 9. The van der Waals surface area contributed by atoms with Crippen LogP contribution in [0.5, 0.6) is 0 Å². The number of aromatic nitrogens is 1. The van der Waals surface area contributed by atoms with Crippen LogP contribution >= 0.6 is 11.3 Å². The third-order valence-electron chi connectivity index (χ3n) is 10.0. The van der Waals surface area contributed by atoms with Crippen LogP contribution in [0.25, 0.3) is 32.1 Å². The van der Waals surface area contributed by atoms with Crippen molar-refractivity contribution in [2.24, 2.45) is 16.2 Å². The van der Waals surface area contributed by atoms with Gasteiger partial charge in [-0.15, -0.1) is 46.2 Å². The van der Waals surface area contributed by atoms with Gasteiger partial charge in [0.25, 0.3) is 0 Å². The molecule has 1 N–H and O–H groups in total. The Kier molecular flexibility index (Phi) is 13.8. The first-order valence-electron chi connectivity index (χ1n) is 17.1. The van der Waals surface area contributed by atoms with E-state index < -0.39 is 0 Å². The second-order valence-electron chi connectivity index (χ2n) is 15.8. The molecule has 0 atom stereocenters. The molecule has 0 amide bonds. The maximum atomic E-state index is 12.2. The van der Waals surface area contributed by atoms with Crippen molar-refractivity contribution in [3.05, 3.63) is 76.5 Å². The van der Waals surface area contributed by atoms with Gasteiger partial charge in [-0.3, -0.25) is 4.79 Å². The number of benzene rings is 2. The molecule has 3 nitrogen and oxygen atoms in total. The zero-order chi connectivity index (χ0) is 34.7. The molecule has 0 aliphatic carbocycles. The zero-order valence-corrected chi connectivity index (χ0v) is 34.4. The molecule has 0 saturated carbocycles. The molecule has 0 aliphatic heterocycles. The summed E-state index contributed by atoms with van der Waals surface area (Å²) in [6.07, 6.45) is 7.80. The predicted octanol–water partition coefficient (Wildman–Crippen LogP) is 12.8. The molecular weight excluding hydrogens is 775 g/mol. The Balaban J connectivity index is 0.000000370. The molecular formula is C42H58IrNO2S-. The van der Waals surface area contributed by atoms with Crippen molar-refractivity contribution in [3.63, 3.8) is 0 Å². The Morgan fingerprint density at radius 3 is 1.96 bits per heavy atom. The molecule has 4 rings (SSSR count). The summed E-state index contributed by atoms with van der Waals surface area (Å²) in [5.74, 6) is 0.286. The van der Waals surface area contributed by atoms with Gasteiger partial charge in [0.05, 0.1) is 0 Å². The molecule has 47 heavy (non-hydrogen) atoms. The molecule has 2 aromatic carbocycles. The molecule has 0 bridgehead atoms. The number of aliphatic hydroxyl groups excluding tert-OH is 1. The number of hydrogen-bond acceptors (Lipinski definition) is 4. The second kappa shape index (κ2) is 15.9. The van der Waals surface area contributed by atoms with Gasteiger partial charge in [0.1, 0.15) is 5.76 Å². The average molecular weight is 833 g/mol. The minimum atomic E-state index is -0.337. The molecule has 2 aromatic heterocycles. The first-order valence-corrected chi connectivity index (χ1v) is 18.0. The molecule has 259 valence electrons. The summed E-state index contributed by atoms with van der Waals surface area (Å²) in [6, 6.07) is 14.8. The summed E-state index contributed by atoms with van der Waals surface area (Å²) in [7, 11) is 0. The van der Waals surface area contributed by atoms with E-state index >= 15 is 0 Å². The summed E-state index contributed by atoms with van der Waals surface area (Å²) in [5.41, 5.74) is 5.84. The van der Waals surface area contributed by atoms with Crippen molar-refractivity contribution < 1.29 is 30.0 Å². The SMILES string of the molecule is CCC(C)(CC)C(=O)/C=C(\O)C(C)(CC)CC.Cc1[c-]c(-c2nccc3c2ccc2c(CC(C)(C)C)csc23)cc(C(C)(C)C)c1.[Ir]. The third kappa shape index (κ3) is 9.64. The van der Waals surface area contributed by atoms with E-state index in [1.165, 1.54) is 38.1 Å². The number of nitrogens with zero attached hydrogens (tertiary/aromatic N) is 1. The van der Waals surface area contributed by atoms with E-state index in [4.69, 9.17) is 4.98 Å². The van der Waals surface area contributed by atoms with Crippen LogP contribution in [0.3, 0.4) is 0 Å². The standard InChI is InChI=1S/C27H30NS.C15H28O2.Ir/c1-17-12-18(14-20(13-17)27(5,6)7)24-22-9-8-21-19(15-26(2,3)4)16-29-25(21)23(22)10-11-28-24;1-7-14(5,8-2)12(16)11-13(17)15(6,9-3)10-4;/h8-11,13-14,16H,15H2,1-7H3;11,16H,7-10H2,1-6H3;/q-1;;/b;12-11-;. The predicted molar refractivity (Wildman–Crippen MR) is 201 cm³/mol. The van der Waals surface area contributed by atoms with Crippen LogP contribution in [0.4, 0.5) is 0 Å². The van der Waals surface area contributed by atoms with Gasteiger partial charge in [-0.1, -0.05) is 102 Å². The van der Waals surface area contributed by atoms with Crippen molar-refractivity contribution in [1.82, 2.24) is 4.98 Å².